The summed E-state index contributed by atoms with van der Waals surface area (Å²) in [6.07, 6.45) is -0.397. The molecule has 132 valence electrons. The predicted octanol–water partition coefficient (Wildman–Crippen LogP) is 2.13. The van der Waals surface area contributed by atoms with Gasteiger partial charge in [0, 0.05) is 31.7 Å². The van der Waals surface area contributed by atoms with Gasteiger partial charge in [-0.05, 0) is 29.5 Å². The van der Waals surface area contributed by atoms with Gasteiger partial charge in [0.25, 0.3) is 0 Å². The minimum Gasteiger partial charge on any atom is -0.492 e. The van der Waals surface area contributed by atoms with Crippen molar-refractivity contribution in [3.63, 3.8) is 0 Å². The monoisotopic (exact) mass is 339 g/mol. The average Bonchev–Trinajstić information content (AvgIpc) is 3.19. The second-order valence-electron chi connectivity index (χ2n) is 7.20. The average molecular weight is 339 g/mol. The molecule has 4 rings (SSSR count). The summed E-state index contributed by atoms with van der Waals surface area (Å²) in [5.74, 6) is 1.26. The minimum atomic E-state index is -0.397. The summed E-state index contributed by atoms with van der Waals surface area (Å²) >= 11 is 0. The number of hydrogen-bond donors (Lipinski definition) is 2. The number of rotatable bonds is 6. The number of para-hydroxylation sites is 1. The molecular weight excluding hydrogens is 314 g/mol. The van der Waals surface area contributed by atoms with Gasteiger partial charge in [-0.2, -0.15) is 0 Å². The van der Waals surface area contributed by atoms with Crippen LogP contribution in [0, 0.1) is 11.3 Å². The number of likely N-dealkylation sites (tertiary alicyclic amines) is 1. The summed E-state index contributed by atoms with van der Waals surface area (Å²) in [5, 5.41) is 20.6. The number of aliphatic hydroxyl groups is 2. The van der Waals surface area contributed by atoms with E-state index in [-0.39, 0.29) is 23.9 Å². The van der Waals surface area contributed by atoms with Crippen molar-refractivity contribution in [1.29, 1.82) is 0 Å². The maximum absolute atomic E-state index is 10.7. The van der Waals surface area contributed by atoms with Crippen LogP contribution in [0.1, 0.15) is 11.5 Å². The fourth-order valence-corrected chi connectivity index (χ4v) is 4.64. The summed E-state index contributed by atoms with van der Waals surface area (Å²) in [6, 6.07) is 20.1. The van der Waals surface area contributed by atoms with Crippen molar-refractivity contribution in [2.24, 2.45) is 11.3 Å². The lowest BCUT2D eigenvalue weighted by molar-refractivity contribution is 0.111. The van der Waals surface area contributed by atoms with Crippen LogP contribution in [0.4, 0.5) is 0 Å². The molecule has 2 aliphatic rings. The summed E-state index contributed by atoms with van der Waals surface area (Å²) < 4.78 is 5.78. The number of aliphatic hydroxyl groups excluding tert-OH is 2. The lowest BCUT2D eigenvalue weighted by Gasteiger charge is -2.16. The maximum atomic E-state index is 10.7. The second kappa shape index (κ2) is 6.79. The lowest BCUT2D eigenvalue weighted by atomic mass is 9.95. The van der Waals surface area contributed by atoms with Crippen molar-refractivity contribution in [2.45, 2.75) is 12.0 Å². The van der Waals surface area contributed by atoms with Gasteiger partial charge in [-0.25, -0.2) is 0 Å². The van der Waals surface area contributed by atoms with Crippen molar-refractivity contribution >= 4 is 0 Å². The summed E-state index contributed by atoms with van der Waals surface area (Å²) in [4.78, 5) is 2.26. The van der Waals surface area contributed by atoms with Crippen LogP contribution in [0.25, 0.3) is 0 Å². The molecule has 1 saturated carbocycles. The topological polar surface area (TPSA) is 52.9 Å². The van der Waals surface area contributed by atoms with E-state index in [2.05, 4.69) is 17.0 Å². The third-order valence-electron chi connectivity index (χ3n) is 5.89. The Morgan fingerprint density at radius 2 is 1.72 bits per heavy atom. The van der Waals surface area contributed by atoms with Gasteiger partial charge in [0.05, 0.1) is 6.10 Å². The highest BCUT2D eigenvalue weighted by atomic mass is 16.5. The van der Waals surface area contributed by atoms with Crippen LogP contribution in [0.15, 0.2) is 60.7 Å². The van der Waals surface area contributed by atoms with E-state index in [1.165, 1.54) is 5.56 Å². The van der Waals surface area contributed by atoms with Crippen molar-refractivity contribution < 1.29 is 14.9 Å². The molecule has 2 N–H and O–H groups in total. The molecule has 2 aromatic carbocycles. The van der Waals surface area contributed by atoms with Crippen molar-refractivity contribution in [2.75, 3.05) is 32.8 Å². The highest BCUT2D eigenvalue weighted by molar-refractivity contribution is 5.36. The van der Waals surface area contributed by atoms with E-state index in [9.17, 15) is 10.2 Å². The molecule has 0 unspecified atom stereocenters. The standard InChI is InChI=1S/C21H25NO3/c23-14-18-20(16-7-3-1-4-8-16)21(18)15-22(13-19(21)24)11-12-25-17-9-5-2-6-10-17/h1-10,18-20,23-24H,11-15H2/t18-,19+,20-,21-/m1/s1. The van der Waals surface area contributed by atoms with Gasteiger partial charge in [-0.15, -0.1) is 0 Å². The quantitative estimate of drug-likeness (QED) is 0.847. The molecule has 0 radical (unpaired) electrons. The molecule has 4 heteroatoms. The molecule has 25 heavy (non-hydrogen) atoms. The first-order valence-corrected chi connectivity index (χ1v) is 9.00. The Morgan fingerprint density at radius 1 is 1.04 bits per heavy atom. The molecule has 1 aliphatic carbocycles. The Balaban J connectivity index is 1.39. The largest absolute Gasteiger partial charge is 0.492 e. The van der Waals surface area contributed by atoms with Crippen LogP contribution >= 0.6 is 0 Å². The summed E-state index contributed by atoms with van der Waals surface area (Å²) in [6.45, 7) is 2.99. The Morgan fingerprint density at radius 3 is 2.40 bits per heavy atom. The Kier molecular flexibility index (Phi) is 4.50. The number of hydrogen-bond acceptors (Lipinski definition) is 4. The third-order valence-corrected chi connectivity index (χ3v) is 5.89. The van der Waals surface area contributed by atoms with Crippen molar-refractivity contribution in [1.82, 2.24) is 4.90 Å². The van der Waals surface area contributed by atoms with Gasteiger partial charge in [-0.3, -0.25) is 4.90 Å². The first-order valence-electron chi connectivity index (χ1n) is 9.00. The number of β-amino-alcohol motifs (C(OH)–C–C–N with tert-alkyl or cyclic N) is 1. The zero-order valence-electron chi connectivity index (χ0n) is 14.3. The molecule has 1 heterocycles. The minimum absolute atomic E-state index is 0.130. The fourth-order valence-electron chi connectivity index (χ4n) is 4.64. The number of ether oxygens (including phenoxy) is 1. The van der Waals surface area contributed by atoms with Crippen LogP contribution in [-0.4, -0.2) is 54.1 Å². The molecule has 0 aromatic heterocycles. The summed E-state index contributed by atoms with van der Waals surface area (Å²) in [5.41, 5.74) is 1.02. The first kappa shape index (κ1) is 16.6. The van der Waals surface area contributed by atoms with E-state index < -0.39 is 6.10 Å². The summed E-state index contributed by atoms with van der Waals surface area (Å²) in [7, 11) is 0. The van der Waals surface area contributed by atoms with Crippen LogP contribution in [-0.2, 0) is 0 Å². The highest BCUT2D eigenvalue weighted by Gasteiger charge is 2.70. The molecular formula is C21H25NO3. The van der Waals surface area contributed by atoms with Crippen molar-refractivity contribution in [3.05, 3.63) is 66.2 Å². The Bertz CT molecular complexity index is 693. The Hall–Kier alpha value is -1.88. The molecule has 0 bridgehead atoms. The third kappa shape index (κ3) is 2.95. The predicted molar refractivity (Wildman–Crippen MR) is 96.6 cm³/mol. The molecule has 2 aromatic rings. The number of benzene rings is 2. The molecule has 1 aliphatic heterocycles. The zero-order valence-corrected chi connectivity index (χ0v) is 14.3. The molecule has 2 fully saturated rings. The molecule has 0 amide bonds. The lowest BCUT2D eigenvalue weighted by Crippen LogP contribution is -2.27. The van der Waals surface area contributed by atoms with E-state index in [4.69, 9.17) is 4.74 Å². The molecule has 1 saturated heterocycles. The van der Waals surface area contributed by atoms with Gasteiger partial charge < -0.3 is 14.9 Å². The second-order valence-corrected chi connectivity index (χ2v) is 7.20. The SMILES string of the molecule is OC[C@@H]1[C@@H](c2ccccc2)[C@]12CN(CCOc1ccccc1)C[C@@H]2O. The number of nitrogens with zero attached hydrogens (tertiary/aromatic N) is 1. The van der Waals surface area contributed by atoms with E-state index in [0.29, 0.717) is 13.2 Å². The van der Waals surface area contributed by atoms with Gasteiger partial charge in [0.15, 0.2) is 0 Å². The molecule has 4 atom stereocenters. The van der Waals surface area contributed by atoms with E-state index in [1.807, 2.05) is 48.5 Å². The van der Waals surface area contributed by atoms with Gasteiger partial charge >= 0.3 is 0 Å². The smallest absolute Gasteiger partial charge is 0.119 e. The molecule has 1 spiro atoms. The van der Waals surface area contributed by atoms with Gasteiger partial charge in [-0.1, -0.05) is 48.5 Å². The van der Waals surface area contributed by atoms with Crippen LogP contribution in [0.2, 0.25) is 0 Å². The van der Waals surface area contributed by atoms with Crippen LogP contribution in [0.5, 0.6) is 5.75 Å². The maximum Gasteiger partial charge on any atom is 0.119 e. The van der Waals surface area contributed by atoms with Gasteiger partial charge in [0.2, 0.25) is 0 Å². The zero-order chi connectivity index (χ0) is 17.3. The van der Waals surface area contributed by atoms with E-state index >= 15 is 0 Å². The van der Waals surface area contributed by atoms with E-state index in [0.717, 1.165) is 18.8 Å². The molecule has 4 nitrogen and oxygen atoms in total. The van der Waals surface area contributed by atoms with Crippen LogP contribution in [0.3, 0.4) is 0 Å². The normalized spacial score (nSPS) is 31.4. The van der Waals surface area contributed by atoms with Crippen molar-refractivity contribution in [3.8, 4) is 5.75 Å². The first-order chi connectivity index (χ1) is 12.3. The highest BCUT2D eigenvalue weighted by Crippen LogP contribution is 2.68. The Labute approximate surface area is 148 Å². The fraction of sp³-hybridized carbons (Fsp3) is 0.429. The van der Waals surface area contributed by atoms with Gasteiger partial charge in [0.1, 0.15) is 12.4 Å². The van der Waals surface area contributed by atoms with E-state index in [1.54, 1.807) is 0 Å². The van der Waals surface area contributed by atoms with Crippen LogP contribution < -0.4 is 4.74 Å².